The maximum Gasteiger partial charge on any atom is 0.226 e. The highest BCUT2D eigenvalue weighted by molar-refractivity contribution is 5.81. The second kappa shape index (κ2) is 7.01. The maximum absolute atomic E-state index is 13.5. The van der Waals surface area contributed by atoms with E-state index in [-0.39, 0.29) is 5.82 Å². The number of aromatic nitrogens is 2. The molecule has 144 valence electrons. The smallest absolute Gasteiger partial charge is 0.226 e. The Morgan fingerprint density at radius 1 is 1.04 bits per heavy atom. The van der Waals surface area contributed by atoms with Crippen LogP contribution in [0, 0.1) is 24.6 Å². The molecule has 2 aliphatic carbocycles. The van der Waals surface area contributed by atoms with E-state index in [0.717, 1.165) is 59.9 Å². The third-order valence-electron chi connectivity index (χ3n) is 6.54. The number of rotatable bonds is 5. The Morgan fingerprint density at radius 2 is 1.81 bits per heavy atom. The van der Waals surface area contributed by atoms with Gasteiger partial charge in [0, 0.05) is 30.6 Å². The average Bonchev–Trinajstić information content (AvgIpc) is 3.54. The van der Waals surface area contributed by atoms with Crippen molar-refractivity contribution in [2.24, 2.45) is 11.8 Å². The summed E-state index contributed by atoms with van der Waals surface area (Å²) in [5.41, 5.74) is 1.69. The molecule has 1 N–H and O–H groups in total. The van der Waals surface area contributed by atoms with Crippen molar-refractivity contribution >= 4 is 16.9 Å². The van der Waals surface area contributed by atoms with Crippen LogP contribution in [0.15, 0.2) is 18.2 Å². The van der Waals surface area contributed by atoms with E-state index in [4.69, 9.17) is 9.97 Å². The second-order valence-electron chi connectivity index (χ2n) is 8.75. The Bertz CT molecular complexity index is 818. The first kappa shape index (κ1) is 17.4. The molecule has 0 spiro atoms. The normalized spacial score (nSPS) is 23.8. The lowest BCUT2D eigenvalue weighted by atomic mass is 10.0. The van der Waals surface area contributed by atoms with Crippen molar-refractivity contribution in [3.8, 4) is 0 Å². The van der Waals surface area contributed by atoms with E-state index in [1.807, 2.05) is 6.92 Å². The van der Waals surface area contributed by atoms with Crippen LogP contribution >= 0.6 is 0 Å². The molecular weight excluding hydrogens is 339 g/mol. The minimum Gasteiger partial charge on any atom is -0.341 e. The monoisotopic (exact) mass is 368 g/mol. The van der Waals surface area contributed by atoms with E-state index in [1.54, 1.807) is 6.07 Å². The van der Waals surface area contributed by atoms with Gasteiger partial charge in [-0.1, -0.05) is 0 Å². The lowest BCUT2D eigenvalue weighted by molar-refractivity contribution is 0.343. The van der Waals surface area contributed by atoms with Crippen molar-refractivity contribution in [3.05, 3.63) is 29.7 Å². The van der Waals surface area contributed by atoms with Crippen LogP contribution in [0.3, 0.4) is 0 Å². The summed E-state index contributed by atoms with van der Waals surface area (Å²) in [6.07, 6.45) is 9.28. The first-order chi connectivity index (χ1) is 13.2. The lowest BCUT2D eigenvalue weighted by Crippen LogP contribution is -2.41. The SMILES string of the molecule is Cc1nc(N2CCCC(NC(C3CC3)C3CC3)CC2)nc2ccc(F)cc12. The molecule has 1 unspecified atom stereocenters. The fraction of sp³-hybridized carbons (Fsp3) is 0.636. The third kappa shape index (κ3) is 3.79. The molecule has 5 rings (SSSR count). The van der Waals surface area contributed by atoms with E-state index in [1.165, 1.54) is 50.7 Å². The van der Waals surface area contributed by atoms with E-state index >= 15 is 0 Å². The summed E-state index contributed by atoms with van der Waals surface area (Å²) in [5, 5.41) is 4.84. The van der Waals surface area contributed by atoms with Crippen LogP contribution in [0.5, 0.6) is 0 Å². The molecule has 1 saturated heterocycles. The summed E-state index contributed by atoms with van der Waals surface area (Å²) >= 11 is 0. The molecular formula is C22H29FN4. The number of benzene rings is 1. The van der Waals surface area contributed by atoms with Crippen LogP contribution in [-0.4, -0.2) is 35.1 Å². The van der Waals surface area contributed by atoms with Gasteiger partial charge in [-0.05, 0) is 81.9 Å². The zero-order valence-corrected chi connectivity index (χ0v) is 16.1. The molecule has 5 heteroatoms. The van der Waals surface area contributed by atoms with E-state index in [0.29, 0.717) is 6.04 Å². The number of aryl methyl sites for hydroxylation is 1. The van der Waals surface area contributed by atoms with Crippen LogP contribution < -0.4 is 10.2 Å². The third-order valence-corrected chi connectivity index (χ3v) is 6.54. The van der Waals surface area contributed by atoms with Crippen molar-refractivity contribution in [3.63, 3.8) is 0 Å². The lowest BCUT2D eigenvalue weighted by Gasteiger charge is -2.25. The molecule has 1 aromatic heterocycles. The molecule has 0 amide bonds. The van der Waals surface area contributed by atoms with Gasteiger partial charge >= 0.3 is 0 Å². The van der Waals surface area contributed by atoms with Gasteiger partial charge in [-0.15, -0.1) is 0 Å². The van der Waals surface area contributed by atoms with Crippen LogP contribution in [0.1, 0.15) is 50.6 Å². The minimum absolute atomic E-state index is 0.230. The number of nitrogens with one attached hydrogen (secondary N) is 1. The summed E-state index contributed by atoms with van der Waals surface area (Å²) in [6, 6.07) is 6.18. The Morgan fingerprint density at radius 3 is 2.56 bits per heavy atom. The van der Waals surface area contributed by atoms with Crippen molar-refractivity contribution in [1.29, 1.82) is 0 Å². The molecule has 1 atom stereocenters. The summed E-state index contributed by atoms with van der Waals surface area (Å²) in [7, 11) is 0. The number of fused-ring (bicyclic) bond motifs is 1. The molecule has 1 aliphatic heterocycles. The topological polar surface area (TPSA) is 41.1 Å². The van der Waals surface area contributed by atoms with Gasteiger partial charge in [0.2, 0.25) is 5.95 Å². The summed E-state index contributed by atoms with van der Waals surface area (Å²) in [5.74, 6) is 2.46. The fourth-order valence-corrected chi connectivity index (χ4v) is 4.68. The number of halogens is 1. The fourth-order valence-electron chi connectivity index (χ4n) is 4.68. The van der Waals surface area contributed by atoms with Gasteiger partial charge in [0.05, 0.1) is 11.2 Å². The van der Waals surface area contributed by atoms with Crippen molar-refractivity contribution in [1.82, 2.24) is 15.3 Å². The predicted octanol–water partition coefficient (Wildman–Crippen LogP) is 4.21. The number of nitrogens with zero attached hydrogens (tertiary/aromatic N) is 3. The van der Waals surface area contributed by atoms with E-state index < -0.39 is 0 Å². The van der Waals surface area contributed by atoms with Gasteiger partial charge < -0.3 is 10.2 Å². The molecule has 2 saturated carbocycles. The van der Waals surface area contributed by atoms with Crippen molar-refractivity contribution in [2.75, 3.05) is 18.0 Å². The Hall–Kier alpha value is -1.75. The van der Waals surface area contributed by atoms with Crippen molar-refractivity contribution in [2.45, 2.75) is 64.0 Å². The summed E-state index contributed by atoms with van der Waals surface area (Å²) < 4.78 is 13.5. The first-order valence-corrected chi connectivity index (χ1v) is 10.6. The van der Waals surface area contributed by atoms with Gasteiger partial charge in [-0.25, -0.2) is 14.4 Å². The van der Waals surface area contributed by atoms with Crippen LogP contribution in [0.25, 0.3) is 10.9 Å². The minimum atomic E-state index is -0.230. The van der Waals surface area contributed by atoms with Gasteiger partial charge in [-0.3, -0.25) is 0 Å². The van der Waals surface area contributed by atoms with Gasteiger partial charge in [0.25, 0.3) is 0 Å². The Balaban J connectivity index is 1.29. The molecule has 0 bridgehead atoms. The predicted molar refractivity (Wildman–Crippen MR) is 106 cm³/mol. The summed E-state index contributed by atoms with van der Waals surface area (Å²) in [6.45, 7) is 3.94. The molecule has 3 aliphatic rings. The molecule has 0 radical (unpaired) electrons. The van der Waals surface area contributed by atoms with Crippen molar-refractivity contribution < 1.29 is 4.39 Å². The van der Waals surface area contributed by atoms with E-state index in [2.05, 4.69) is 10.2 Å². The van der Waals surface area contributed by atoms with Gasteiger partial charge in [-0.2, -0.15) is 0 Å². The van der Waals surface area contributed by atoms with Crippen LogP contribution in [-0.2, 0) is 0 Å². The molecule has 2 aromatic rings. The molecule has 3 fully saturated rings. The highest BCUT2D eigenvalue weighted by atomic mass is 19.1. The molecule has 4 nitrogen and oxygen atoms in total. The second-order valence-corrected chi connectivity index (χ2v) is 8.75. The number of hydrogen-bond donors (Lipinski definition) is 1. The highest BCUT2D eigenvalue weighted by Crippen LogP contribution is 2.45. The largest absolute Gasteiger partial charge is 0.341 e. The summed E-state index contributed by atoms with van der Waals surface area (Å²) in [4.78, 5) is 11.8. The van der Waals surface area contributed by atoms with Crippen LogP contribution in [0.2, 0.25) is 0 Å². The van der Waals surface area contributed by atoms with Gasteiger partial charge in [0.1, 0.15) is 5.82 Å². The zero-order chi connectivity index (χ0) is 18.4. The first-order valence-electron chi connectivity index (χ1n) is 10.6. The van der Waals surface area contributed by atoms with E-state index in [9.17, 15) is 4.39 Å². The quantitative estimate of drug-likeness (QED) is 0.858. The Labute approximate surface area is 160 Å². The molecule has 27 heavy (non-hydrogen) atoms. The zero-order valence-electron chi connectivity index (χ0n) is 16.1. The number of anilines is 1. The van der Waals surface area contributed by atoms with Gasteiger partial charge in [0.15, 0.2) is 0 Å². The van der Waals surface area contributed by atoms with Crippen LogP contribution in [0.4, 0.5) is 10.3 Å². The molecule has 2 heterocycles. The standard InChI is InChI=1S/C22H29FN4/c1-14-19-13-17(23)8-9-20(19)26-22(24-14)27-11-2-3-18(10-12-27)25-21(15-4-5-15)16-6-7-16/h8-9,13,15-16,18,21,25H,2-7,10-12H2,1H3. The average molecular weight is 369 g/mol. The molecule has 1 aromatic carbocycles. The number of hydrogen-bond acceptors (Lipinski definition) is 4. The Kier molecular flexibility index (Phi) is 4.50. The highest BCUT2D eigenvalue weighted by Gasteiger charge is 2.42. The maximum atomic E-state index is 13.5.